The minimum absolute atomic E-state index is 0.0265. The Morgan fingerprint density at radius 3 is 2.69 bits per heavy atom. The monoisotopic (exact) mass is 233 g/mol. The Hall–Kier alpha value is -1.23. The van der Waals surface area contributed by atoms with E-state index in [1.807, 2.05) is 19.3 Å². The van der Waals surface area contributed by atoms with E-state index in [0.717, 1.165) is 11.1 Å². The molecule has 0 aromatic carbocycles. The van der Waals surface area contributed by atoms with Gasteiger partial charge in [0.05, 0.1) is 6.04 Å². The zero-order valence-corrected chi connectivity index (χ0v) is 10.2. The first-order valence-corrected chi connectivity index (χ1v) is 6.07. The van der Waals surface area contributed by atoms with Crippen LogP contribution in [-0.2, 0) is 0 Å². The summed E-state index contributed by atoms with van der Waals surface area (Å²) < 4.78 is 0. The normalized spacial score (nSPS) is 12.7. The van der Waals surface area contributed by atoms with Crippen molar-refractivity contribution in [3.63, 3.8) is 0 Å². The van der Waals surface area contributed by atoms with Crippen molar-refractivity contribution >= 4 is 11.3 Å². The molecule has 0 saturated heterocycles. The first kappa shape index (κ1) is 11.3. The molecular formula is C12H15N3S. The third kappa shape index (κ3) is 2.14. The predicted octanol–water partition coefficient (Wildman–Crippen LogP) is 2.31. The number of hydrogen-bond acceptors (Lipinski definition) is 4. The van der Waals surface area contributed by atoms with Gasteiger partial charge in [-0.25, -0.2) is 5.43 Å². The largest absolute Gasteiger partial charge is 0.271 e. The van der Waals surface area contributed by atoms with Gasteiger partial charge in [-0.3, -0.25) is 10.8 Å². The van der Waals surface area contributed by atoms with Crippen LogP contribution in [0.3, 0.4) is 0 Å². The Balaban J connectivity index is 2.40. The number of aromatic nitrogens is 1. The van der Waals surface area contributed by atoms with Crippen LogP contribution in [0.5, 0.6) is 0 Å². The summed E-state index contributed by atoms with van der Waals surface area (Å²) in [5.74, 6) is 5.64. The zero-order chi connectivity index (χ0) is 11.5. The van der Waals surface area contributed by atoms with Crippen molar-refractivity contribution in [1.29, 1.82) is 0 Å². The average Bonchev–Trinajstić information content (AvgIpc) is 2.67. The molecule has 0 fully saturated rings. The van der Waals surface area contributed by atoms with E-state index in [0.29, 0.717) is 0 Å². The molecule has 0 aliphatic carbocycles. The molecule has 2 heterocycles. The fraction of sp³-hybridized carbons (Fsp3) is 0.250. The number of aryl methyl sites for hydroxylation is 2. The van der Waals surface area contributed by atoms with E-state index in [4.69, 9.17) is 5.84 Å². The van der Waals surface area contributed by atoms with Gasteiger partial charge in [-0.2, -0.15) is 11.3 Å². The van der Waals surface area contributed by atoms with Crippen molar-refractivity contribution in [2.45, 2.75) is 19.9 Å². The van der Waals surface area contributed by atoms with Gasteiger partial charge >= 0.3 is 0 Å². The molecule has 16 heavy (non-hydrogen) atoms. The van der Waals surface area contributed by atoms with Gasteiger partial charge in [-0.1, -0.05) is 6.07 Å². The molecule has 2 aromatic rings. The third-order valence-electron chi connectivity index (χ3n) is 2.60. The van der Waals surface area contributed by atoms with Gasteiger partial charge in [0, 0.05) is 12.4 Å². The fourth-order valence-corrected chi connectivity index (χ4v) is 2.64. The van der Waals surface area contributed by atoms with Crippen LogP contribution in [-0.4, -0.2) is 4.98 Å². The number of nitrogens with two attached hydrogens (primary N) is 1. The van der Waals surface area contributed by atoms with Crippen molar-refractivity contribution in [3.05, 3.63) is 51.5 Å². The second kappa shape index (κ2) is 4.74. The number of thiophene rings is 1. The lowest BCUT2D eigenvalue weighted by molar-refractivity contribution is 0.633. The van der Waals surface area contributed by atoms with Crippen molar-refractivity contribution < 1.29 is 0 Å². The molecule has 2 aromatic heterocycles. The molecule has 0 saturated carbocycles. The Labute approximate surface area is 99.3 Å². The van der Waals surface area contributed by atoms with E-state index in [9.17, 15) is 0 Å². The molecule has 0 aliphatic rings. The maximum absolute atomic E-state index is 5.64. The molecule has 2 rings (SSSR count). The molecule has 0 spiro atoms. The van der Waals surface area contributed by atoms with Crippen LogP contribution < -0.4 is 11.3 Å². The number of nitrogens with one attached hydrogen (secondary N) is 1. The maximum Gasteiger partial charge on any atom is 0.0735 e. The number of hydrogen-bond donors (Lipinski definition) is 2. The molecule has 0 aliphatic heterocycles. The van der Waals surface area contributed by atoms with Gasteiger partial charge in [-0.15, -0.1) is 0 Å². The summed E-state index contributed by atoms with van der Waals surface area (Å²) in [6, 6.07) is 2.13. The van der Waals surface area contributed by atoms with Crippen LogP contribution in [0, 0.1) is 13.8 Å². The summed E-state index contributed by atoms with van der Waals surface area (Å²) in [6.07, 6.45) is 3.70. The number of hydrazine groups is 1. The quantitative estimate of drug-likeness (QED) is 0.632. The minimum Gasteiger partial charge on any atom is -0.271 e. The van der Waals surface area contributed by atoms with Crippen molar-refractivity contribution in [2.75, 3.05) is 0 Å². The average molecular weight is 233 g/mol. The lowest BCUT2D eigenvalue weighted by atomic mass is 10.00. The highest BCUT2D eigenvalue weighted by Crippen LogP contribution is 2.26. The SMILES string of the molecule is Cc1cncc(C(NN)c2cscc2C)c1. The maximum atomic E-state index is 5.64. The zero-order valence-electron chi connectivity index (χ0n) is 9.40. The van der Waals surface area contributed by atoms with E-state index in [1.54, 1.807) is 11.3 Å². The van der Waals surface area contributed by atoms with Crippen LogP contribution in [0.15, 0.2) is 29.2 Å². The molecule has 84 valence electrons. The highest BCUT2D eigenvalue weighted by Gasteiger charge is 2.15. The second-order valence-electron chi connectivity index (χ2n) is 3.91. The van der Waals surface area contributed by atoms with Crippen LogP contribution in [0.1, 0.15) is 28.3 Å². The molecule has 1 atom stereocenters. The van der Waals surface area contributed by atoms with Crippen LogP contribution in [0.4, 0.5) is 0 Å². The highest BCUT2D eigenvalue weighted by molar-refractivity contribution is 7.08. The van der Waals surface area contributed by atoms with Gasteiger partial charge in [0.25, 0.3) is 0 Å². The first-order chi connectivity index (χ1) is 7.72. The minimum atomic E-state index is 0.0265. The van der Waals surface area contributed by atoms with Crippen molar-refractivity contribution in [2.24, 2.45) is 5.84 Å². The van der Waals surface area contributed by atoms with E-state index >= 15 is 0 Å². The molecule has 1 unspecified atom stereocenters. The van der Waals surface area contributed by atoms with Gasteiger partial charge in [0.15, 0.2) is 0 Å². The topological polar surface area (TPSA) is 50.9 Å². The molecular weight excluding hydrogens is 218 g/mol. The molecule has 0 radical (unpaired) electrons. The summed E-state index contributed by atoms with van der Waals surface area (Å²) in [5.41, 5.74) is 7.58. The summed E-state index contributed by atoms with van der Waals surface area (Å²) in [4.78, 5) is 4.20. The first-order valence-electron chi connectivity index (χ1n) is 5.12. The molecule has 0 bridgehead atoms. The van der Waals surface area contributed by atoms with E-state index in [1.165, 1.54) is 11.1 Å². The number of nitrogens with zero attached hydrogens (tertiary/aromatic N) is 1. The Morgan fingerprint density at radius 2 is 2.12 bits per heavy atom. The summed E-state index contributed by atoms with van der Waals surface area (Å²) in [5, 5.41) is 4.26. The molecule has 3 nitrogen and oxygen atoms in total. The molecule has 0 amide bonds. The second-order valence-corrected chi connectivity index (χ2v) is 4.65. The van der Waals surface area contributed by atoms with E-state index in [2.05, 4.69) is 34.2 Å². The predicted molar refractivity (Wildman–Crippen MR) is 67.2 cm³/mol. The summed E-state index contributed by atoms with van der Waals surface area (Å²) >= 11 is 1.69. The lowest BCUT2D eigenvalue weighted by Crippen LogP contribution is -2.29. The lowest BCUT2D eigenvalue weighted by Gasteiger charge is -2.16. The van der Waals surface area contributed by atoms with Gasteiger partial charge < -0.3 is 0 Å². The van der Waals surface area contributed by atoms with Gasteiger partial charge in [0.2, 0.25) is 0 Å². The van der Waals surface area contributed by atoms with E-state index < -0.39 is 0 Å². The summed E-state index contributed by atoms with van der Waals surface area (Å²) in [6.45, 7) is 4.13. The number of pyridine rings is 1. The van der Waals surface area contributed by atoms with Crippen molar-refractivity contribution in [3.8, 4) is 0 Å². The van der Waals surface area contributed by atoms with E-state index in [-0.39, 0.29) is 6.04 Å². The Bertz CT molecular complexity index is 479. The summed E-state index contributed by atoms with van der Waals surface area (Å²) in [7, 11) is 0. The number of rotatable bonds is 3. The Morgan fingerprint density at radius 1 is 1.31 bits per heavy atom. The van der Waals surface area contributed by atoms with Gasteiger partial charge in [-0.05, 0) is 46.9 Å². The van der Waals surface area contributed by atoms with Crippen LogP contribution in [0.25, 0.3) is 0 Å². The molecule has 3 N–H and O–H groups in total. The highest BCUT2D eigenvalue weighted by atomic mass is 32.1. The van der Waals surface area contributed by atoms with Crippen LogP contribution in [0.2, 0.25) is 0 Å². The smallest absolute Gasteiger partial charge is 0.0735 e. The third-order valence-corrected chi connectivity index (χ3v) is 3.48. The van der Waals surface area contributed by atoms with Crippen LogP contribution >= 0.6 is 11.3 Å². The standard InChI is InChI=1S/C12H15N3S/c1-8-3-10(5-14-4-8)12(15-13)11-7-16-6-9(11)2/h3-7,12,15H,13H2,1-2H3. The van der Waals surface area contributed by atoms with Crippen molar-refractivity contribution in [1.82, 2.24) is 10.4 Å². The Kier molecular flexibility index (Phi) is 3.33. The fourth-order valence-electron chi connectivity index (χ4n) is 1.77. The van der Waals surface area contributed by atoms with Gasteiger partial charge in [0.1, 0.15) is 0 Å². The molecule has 4 heteroatoms.